The lowest BCUT2D eigenvalue weighted by Crippen LogP contribution is -2.65. The number of hydrogen-bond donors (Lipinski definition) is 0. The summed E-state index contributed by atoms with van der Waals surface area (Å²) in [7, 11) is 0. The van der Waals surface area contributed by atoms with Crippen molar-refractivity contribution in [2.45, 2.75) is 52.1 Å². The Morgan fingerprint density at radius 3 is 2.53 bits per heavy atom. The quantitative estimate of drug-likeness (QED) is 0.672. The second-order valence-corrected chi connectivity index (χ2v) is 5.08. The first-order valence-electron chi connectivity index (χ1n) is 5.43. The second kappa shape index (κ2) is 4.10. The molecule has 0 atom stereocenters. The molecule has 1 saturated heterocycles. The molecule has 0 aromatic carbocycles. The summed E-state index contributed by atoms with van der Waals surface area (Å²) < 4.78 is 5.16. The van der Waals surface area contributed by atoms with Crippen molar-refractivity contribution in [3.8, 4) is 0 Å². The number of nitrogens with zero attached hydrogens (tertiary/aromatic N) is 1. The van der Waals surface area contributed by atoms with E-state index in [1.807, 2.05) is 34.6 Å². The first-order valence-corrected chi connectivity index (χ1v) is 5.43. The lowest BCUT2D eigenvalue weighted by atomic mass is 9.94. The molecular formula is C11H21NO3. The number of hydrogen-bond acceptors (Lipinski definition) is 4. The zero-order valence-electron chi connectivity index (χ0n) is 10.3. The van der Waals surface area contributed by atoms with Gasteiger partial charge in [0.15, 0.2) is 0 Å². The highest BCUT2D eigenvalue weighted by Gasteiger charge is 2.49. The predicted octanol–water partition coefficient (Wildman–Crippen LogP) is 1.74. The normalized spacial score (nSPS) is 25.0. The van der Waals surface area contributed by atoms with Gasteiger partial charge in [-0.05, 0) is 34.1 Å². The van der Waals surface area contributed by atoms with Crippen LogP contribution in [0.4, 0.5) is 0 Å². The van der Waals surface area contributed by atoms with Gasteiger partial charge in [0.1, 0.15) is 12.1 Å². The number of esters is 1. The van der Waals surface area contributed by atoms with Crippen LogP contribution in [0, 0.1) is 0 Å². The van der Waals surface area contributed by atoms with E-state index in [9.17, 15) is 4.79 Å². The maximum absolute atomic E-state index is 11.6. The van der Waals surface area contributed by atoms with E-state index in [1.165, 1.54) is 0 Å². The third-order valence-electron chi connectivity index (χ3n) is 2.54. The highest BCUT2D eigenvalue weighted by molar-refractivity contribution is 5.80. The molecule has 4 nitrogen and oxygen atoms in total. The van der Waals surface area contributed by atoms with Crippen LogP contribution in [0.25, 0.3) is 0 Å². The highest BCUT2D eigenvalue weighted by Crippen LogP contribution is 2.31. The molecule has 0 aromatic rings. The van der Waals surface area contributed by atoms with E-state index in [-0.39, 0.29) is 11.5 Å². The molecule has 1 aliphatic heterocycles. The van der Waals surface area contributed by atoms with Crippen molar-refractivity contribution in [3.63, 3.8) is 0 Å². The third-order valence-corrected chi connectivity index (χ3v) is 2.54. The predicted molar refractivity (Wildman–Crippen MR) is 57.2 cm³/mol. The summed E-state index contributed by atoms with van der Waals surface area (Å²) in [6, 6.07) is 0. The van der Waals surface area contributed by atoms with Crippen molar-refractivity contribution in [1.82, 2.24) is 5.06 Å². The van der Waals surface area contributed by atoms with E-state index in [2.05, 4.69) is 0 Å². The summed E-state index contributed by atoms with van der Waals surface area (Å²) in [5.41, 5.74) is -0.983. The van der Waals surface area contributed by atoms with Gasteiger partial charge in [0, 0.05) is 0 Å². The van der Waals surface area contributed by atoms with Crippen LogP contribution in [0.5, 0.6) is 0 Å². The summed E-state index contributed by atoms with van der Waals surface area (Å²) in [6.45, 7) is 10.7. The molecule has 0 aromatic heterocycles. The standard InChI is InChI=1S/C11H21NO3/c1-6-7-15-12-10(2,3)8-14-9(13)11(12,4)5/h6-8H2,1-5H3. The van der Waals surface area contributed by atoms with Gasteiger partial charge >= 0.3 is 5.97 Å². The Kier molecular flexibility index (Phi) is 3.41. The minimum Gasteiger partial charge on any atom is -0.462 e. The molecule has 0 bridgehead atoms. The molecule has 4 heteroatoms. The highest BCUT2D eigenvalue weighted by atomic mass is 16.7. The van der Waals surface area contributed by atoms with Crippen LogP contribution < -0.4 is 0 Å². The van der Waals surface area contributed by atoms with Crippen molar-refractivity contribution in [1.29, 1.82) is 0 Å². The van der Waals surface area contributed by atoms with Gasteiger partial charge in [0.2, 0.25) is 0 Å². The smallest absolute Gasteiger partial charge is 0.328 e. The molecule has 88 valence electrons. The summed E-state index contributed by atoms with van der Waals surface area (Å²) in [6.07, 6.45) is 0.928. The zero-order chi connectivity index (χ0) is 11.7. The van der Waals surface area contributed by atoms with Crippen molar-refractivity contribution >= 4 is 5.97 Å². The van der Waals surface area contributed by atoms with Gasteiger partial charge in [0.05, 0.1) is 12.1 Å². The molecule has 0 unspecified atom stereocenters. The fraction of sp³-hybridized carbons (Fsp3) is 0.909. The molecule has 1 fully saturated rings. The van der Waals surface area contributed by atoms with Crippen molar-refractivity contribution in [2.24, 2.45) is 0 Å². The lowest BCUT2D eigenvalue weighted by Gasteiger charge is -2.48. The average molecular weight is 215 g/mol. The number of carbonyl (C=O) groups is 1. The number of carbonyl (C=O) groups excluding carboxylic acids is 1. The average Bonchev–Trinajstić information content (AvgIpc) is 2.12. The summed E-state index contributed by atoms with van der Waals surface area (Å²) in [5, 5.41) is 1.77. The summed E-state index contributed by atoms with van der Waals surface area (Å²) in [5.74, 6) is -0.224. The Labute approximate surface area is 91.5 Å². The first kappa shape index (κ1) is 12.5. The number of cyclic esters (lactones) is 1. The second-order valence-electron chi connectivity index (χ2n) is 5.08. The van der Waals surface area contributed by atoms with Gasteiger partial charge in [-0.25, -0.2) is 4.79 Å². The molecule has 0 N–H and O–H groups in total. The van der Waals surface area contributed by atoms with E-state index in [1.54, 1.807) is 5.06 Å². The van der Waals surface area contributed by atoms with Gasteiger partial charge in [-0.2, -0.15) is 5.06 Å². The Morgan fingerprint density at radius 2 is 2.00 bits per heavy atom. The Balaban J connectivity index is 2.86. The van der Waals surface area contributed by atoms with Gasteiger partial charge in [-0.3, -0.25) is 4.84 Å². The van der Waals surface area contributed by atoms with Crippen LogP contribution in [0.15, 0.2) is 0 Å². The Bertz CT molecular complexity index is 248. The molecule has 0 spiro atoms. The minimum absolute atomic E-state index is 0.224. The van der Waals surface area contributed by atoms with Crippen LogP contribution in [0.2, 0.25) is 0 Å². The van der Waals surface area contributed by atoms with Crippen molar-refractivity contribution < 1.29 is 14.4 Å². The Morgan fingerprint density at radius 1 is 1.40 bits per heavy atom. The fourth-order valence-electron chi connectivity index (χ4n) is 1.84. The Hall–Kier alpha value is -0.610. The molecule has 1 aliphatic rings. The summed E-state index contributed by atoms with van der Waals surface area (Å²) in [4.78, 5) is 17.3. The van der Waals surface area contributed by atoms with Gasteiger partial charge in [0.25, 0.3) is 0 Å². The van der Waals surface area contributed by atoms with Crippen LogP contribution >= 0.6 is 0 Å². The maximum Gasteiger partial charge on any atom is 0.328 e. The number of hydroxylamine groups is 2. The van der Waals surface area contributed by atoms with Gasteiger partial charge < -0.3 is 4.74 Å². The van der Waals surface area contributed by atoms with E-state index in [0.29, 0.717) is 13.2 Å². The van der Waals surface area contributed by atoms with E-state index >= 15 is 0 Å². The largest absolute Gasteiger partial charge is 0.462 e. The zero-order valence-corrected chi connectivity index (χ0v) is 10.3. The van der Waals surface area contributed by atoms with Gasteiger partial charge in [-0.1, -0.05) is 6.92 Å². The summed E-state index contributed by atoms with van der Waals surface area (Å²) >= 11 is 0. The van der Waals surface area contributed by atoms with Crippen LogP contribution in [0.1, 0.15) is 41.0 Å². The van der Waals surface area contributed by atoms with E-state index in [4.69, 9.17) is 9.57 Å². The molecule has 1 heterocycles. The number of rotatable bonds is 3. The van der Waals surface area contributed by atoms with Crippen molar-refractivity contribution in [3.05, 3.63) is 0 Å². The number of morpholine rings is 1. The number of ether oxygens (including phenoxy) is 1. The van der Waals surface area contributed by atoms with E-state index in [0.717, 1.165) is 6.42 Å². The van der Waals surface area contributed by atoms with Crippen LogP contribution in [-0.4, -0.2) is 35.3 Å². The third kappa shape index (κ3) is 2.32. The monoisotopic (exact) mass is 215 g/mol. The topological polar surface area (TPSA) is 38.8 Å². The first-order chi connectivity index (χ1) is 6.82. The van der Waals surface area contributed by atoms with Gasteiger partial charge in [-0.15, -0.1) is 0 Å². The maximum atomic E-state index is 11.6. The van der Waals surface area contributed by atoms with Crippen molar-refractivity contribution in [2.75, 3.05) is 13.2 Å². The lowest BCUT2D eigenvalue weighted by molar-refractivity contribution is -0.292. The SMILES string of the molecule is CCCON1C(C)(C)COC(=O)C1(C)C. The molecule has 15 heavy (non-hydrogen) atoms. The molecule has 0 radical (unpaired) electrons. The molecule has 0 aliphatic carbocycles. The minimum atomic E-state index is -0.711. The van der Waals surface area contributed by atoms with Crippen LogP contribution in [-0.2, 0) is 14.4 Å². The van der Waals surface area contributed by atoms with E-state index < -0.39 is 5.54 Å². The molecular weight excluding hydrogens is 194 g/mol. The fourth-order valence-corrected chi connectivity index (χ4v) is 1.84. The molecule has 0 saturated carbocycles. The van der Waals surface area contributed by atoms with Crippen LogP contribution in [0.3, 0.4) is 0 Å². The molecule has 0 amide bonds. The molecule has 1 rings (SSSR count).